The van der Waals surface area contributed by atoms with Crippen molar-refractivity contribution in [2.45, 2.75) is 54.0 Å². The monoisotopic (exact) mass is 372 g/mol. The summed E-state index contributed by atoms with van der Waals surface area (Å²) in [5, 5.41) is 10.5. The Morgan fingerprint density at radius 1 is 1.11 bits per heavy atom. The van der Waals surface area contributed by atoms with Crippen molar-refractivity contribution in [2.24, 2.45) is 5.41 Å². The highest BCUT2D eigenvalue weighted by atomic mass is 16.3. The topological polar surface area (TPSA) is 60.9 Å². The van der Waals surface area contributed by atoms with Crippen LogP contribution in [0.15, 0.2) is 35.6 Å². The Morgan fingerprint density at radius 2 is 1.67 bits per heavy atom. The predicted molar refractivity (Wildman–Crippen MR) is 109 cm³/mol. The molecule has 0 spiro atoms. The Morgan fingerprint density at radius 3 is 2.11 bits per heavy atom. The van der Waals surface area contributed by atoms with E-state index in [2.05, 4.69) is 18.7 Å². The third-order valence-electron chi connectivity index (χ3n) is 5.03. The van der Waals surface area contributed by atoms with E-state index in [4.69, 9.17) is 0 Å². The normalized spacial score (nSPS) is 17.6. The Hall–Kier alpha value is -2.30. The Bertz CT molecular complexity index is 725. The molecule has 0 bridgehead atoms. The summed E-state index contributed by atoms with van der Waals surface area (Å²) in [6.07, 6.45) is 0.754. The molecule has 0 saturated carbocycles. The van der Waals surface area contributed by atoms with Crippen molar-refractivity contribution in [1.29, 1.82) is 0 Å². The fourth-order valence-corrected chi connectivity index (χ4v) is 3.56. The molecular formula is C22H32N2O3. The standard InChI is InChI=1S/C22H32N2O3/c1-7-14-24-18(15-10-12-16(13-11-15)23(8-2)9-3)17(19(25)21(24)27)20(26)22(4,5)6/h10-13,18,25H,7-9,14H2,1-6H3. The molecule has 0 aromatic heterocycles. The molecule has 1 aromatic rings. The smallest absolute Gasteiger partial charge is 0.290 e. The average molecular weight is 373 g/mol. The third-order valence-corrected chi connectivity index (χ3v) is 5.03. The third kappa shape index (κ3) is 4.02. The van der Waals surface area contributed by atoms with Crippen molar-refractivity contribution in [3.05, 3.63) is 41.2 Å². The largest absolute Gasteiger partial charge is 0.503 e. The summed E-state index contributed by atoms with van der Waals surface area (Å²) >= 11 is 0. The van der Waals surface area contributed by atoms with E-state index in [0.29, 0.717) is 6.54 Å². The van der Waals surface area contributed by atoms with Crippen LogP contribution in [0.25, 0.3) is 0 Å². The van der Waals surface area contributed by atoms with Crippen molar-refractivity contribution in [3.63, 3.8) is 0 Å². The van der Waals surface area contributed by atoms with Crippen molar-refractivity contribution in [3.8, 4) is 0 Å². The van der Waals surface area contributed by atoms with E-state index in [1.54, 1.807) is 4.90 Å². The van der Waals surface area contributed by atoms with E-state index < -0.39 is 23.1 Å². The maximum atomic E-state index is 13.0. The van der Waals surface area contributed by atoms with Crippen molar-refractivity contribution in [1.82, 2.24) is 4.90 Å². The lowest BCUT2D eigenvalue weighted by Crippen LogP contribution is -2.33. The van der Waals surface area contributed by atoms with Crippen LogP contribution in [0.4, 0.5) is 5.69 Å². The molecule has 1 atom stereocenters. The molecule has 0 aliphatic carbocycles. The number of nitrogens with zero attached hydrogens (tertiary/aromatic N) is 2. The van der Waals surface area contributed by atoms with Crippen LogP contribution in [-0.4, -0.2) is 41.3 Å². The number of hydrogen-bond acceptors (Lipinski definition) is 4. The minimum atomic E-state index is -0.675. The number of hydrogen-bond donors (Lipinski definition) is 1. The SMILES string of the molecule is CCCN1C(=O)C(O)=C(C(=O)C(C)(C)C)C1c1ccc(N(CC)CC)cc1. The summed E-state index contributed by atoms with van der Waals surface area (Å²) in [6, 6.07) is 7.43. The number of amides is 1. The molecule has 148 valence electrons. The zero-order chi connectivity index (χ0) is 20.4. The number of carbonyl (C=O) groups is 2. The van der Waals surface area contributed by atoms with Crippen LogP contribution < -0.4 is 4.90 Å². The first kappa shape index (κ1) is 21.0. The van der Waals surface area contributed by atoms with Gasteiger partial charge in [-0.2, -0.15) is 0 Å². The molecule has 5 heteroatoms. The fraction of sp³-hybridized carbons (Fsp3) is 0.545. The molecule has 0 radical (unpaired) electrons. The number of rotatable bonds is 7. The lowest BCUT2D eigenvalue weighted by atomic mass is 9.82. The molecule has 1 N–H and O–H groups in total. The van der Waals surface area contributed by atoms with E-state index in [9.17, 15) is 14.7 Å². The van der Waals surface area contributed by atoms with Gasteiger partial charge in [0, 0.05) is 30.7 Å². The molecule has 1 unspecified atom stereocenters. The first-order valence-corrected chi connectivity index (χ1v) is 9.81. The van der Waals surface area contributed by atoms with Gasteiger partial charge in [0.25, 0.3) is 5.91 Å². The fourth-order valence-electron chi connectivity index (χ4n) is 3.56. The van der Waals surface area contributed by atoms with Gasteiger partial charge in [-0.3, -0.25) is 9.59 Å². The zero-order valence-corrected chi connectivity index (χ0v) is 17.4. The van der Waals surface area contributed by atoms with Gasteiger partial charge in [0.1, 0.15) is 0 Å². The van der Waals surface area contributed by atoms with Crippen molar-refractivity contribution >= 4 is 17.4 Å². The van der Waals surface area contributed by atoms with Gasteiger partial charge in [-0.25, -0.2) is 0 Å². The van der Waals surface area contributed by atoms with Gasteiger partial charge in [-0.15, -0.1) is 0 Å². The van der Waals surface area contributed by atoms with E-state index >= 15 is 0 Å². The van der Waals surface area contributed by atoms with E-state index in [1.165, 1.54) is 0 Å². The van der Waals surface area contributed by atoms with E-state index in [1.807, 2.05) is 52.0 Å². The number of carbonyl (C=O) groups excluding carboxylic acids is 2. The summed E-state index contributed by atoms with van der Waals surface area (Å²) in [4.78, 5) is 29.5. The molecule has 27 heavy (non-hydrogen) atoms. The number of Topliss-reactive ketones (excluding diaryl/α,β-unsaturated/α-hetero) is 1. The van der Waals surface area contributed by atoms with Crippen LogP contribution in [0.3, 0.4) is 0 Å². The molecule has 0 fully saturated rings. The van der Waals surface area contributed by atoms with Crippen LogP contribution in [0, 0.1) is 5.41 Å². The second-order valence-corrected chi connectivity index (χ2v) is 8.01. The minimum absolute atomic E-state index is 0.190. The van der Waals surface area contributed by atoms with Gasteiger partial charge >= 0.3 is 0 Å². The molecule has 1 aromatic carbocycles. The predicted octanol–water partition coefficient (Wildman–Crippen LogP) is 4.25. The number of aliphatic hydroxyl groups excluding tert-OH is 1. The molecule has 0 saturated heterocycles. The summed E-state index contributed by atoms with van der Waals surface area (Å²) in [6.45, 7) is 13.9. The highest BCUT2D eigenvalue weighted by Gasteiger charge is 2.45. The number of benzene rings is 1. The van der Waals surface area contributed by atoms with Crippen molar-refractivity contribution < 1.29 is 14.7 Å². The Kier molecular flexibility index (Phi) is 6.34. The number of ketones is 1. The van der Waals surface area contributed by atoms with Gasteiger partial charge in [-0.05, 0) is 38.0 Å². The van der Waals surface area contributed by atoms with Gasteiger partial charge < -0.3 is 14.9 Å². The van der Waals surface area contributed by atoms with Crippen LogP contribution in [0.1, 0.15) is 59.6 Å². The average Bonchev–Trinajstić information content (AvgIpc) is 2.87. The zero-order valence-electron chi connectivity index (χ0n) is 17.4. The lowest BCUT2D eigenvalue weighted by Gasteiger charge is -2.29. The number of anilines is 1. The van der Waals surface area contributed by atoms with Gasteiger partial charge in [-0.1, -0.05) is 39.8 Å². The maximum absolute atomic E-state index is 13.0. The van der Waals surface area contributed by atoms with E-state index in [0.717, 1.165) is 30.8 Å². The molecule has 1 aliphatic heterocycles. The van der Waals surface area contributed by atoms with Crippen LogP contribution in [0.5, 0.6) is 0 Å². The minimum Gasteiger partial charge on any atom is -0.503 e. The van der Waals surface area contributed by atoms with Crippen LogP contribution in [0.2, 0.25) is 0 Å². The summed E-state index contributed by atoms with van der Waals surface area (Å²) < 4.78 is 0. The molecule has 2 rings (SSSR count). The maximum Gasteiger partial charge on any atom is 0.290 e. The Balaban J connectivity index is 2.51. The molecule has 5 nitrogen and oxygen atoms in total. The summed E-state index contributed by atoms with van der Waals surface area (Å²) in [5.74, 6) is -1.05. The quantitative estimate of drug-likeness (QED) is 0.777. The number of aliphatic hydroxyl groups is 1. The highest BCUT2D eigenvalue weighted by molar-refractivity contribution is 6.10. The van der Waals surface area contributed by atoms with Crippen LogP contribution >= 0.6 is 0 Å². The summed E-state index contributed by atoms with van der Waals surface area (Å²) in [7, 11) is 0. The molecule has 1 heterocycles. The second-order valence-electron chi connectivity index (χ2n) is 8.01. The van der Waals surface area contributed by atoms with E-state index in [-0.39, 0.29) is 11.4 Å². The lowest BCUT2D eigenvalue weighted by molar-refractivity contribution is -0.129. The first-order valence-electron chi connectivity index (χ1n) is 9.81. The Labute approximate surface area is 162 Å². The van der Waals surface area contributed by atoms with Gasteiger partial charge in [0.15, 0.2) is 11.5 Å². The highest BCUT2D eigenvalue weighted by Crippen LogP contribution is 2.41. The molecule has 1 amide bonds. The first-order chi connectivity index (χ1) is 12.7. The van der Waals surface area contributed by atoms with Gasteiger partial charge in [0.05, 0.1) is 11.6 Å². The van der Waals surface area contributed by atoms with Crippen LogP contribution in [-0.2, 0) is 9.59 Å². The van der Waals surface area contributed by atoms with Gasteiger partial charge in [0.2, 0.25) is 0 Å². The summed E-state index contributed by atoms with van der Waals surface area (Å²) in [5.41, 5.74) is 1.50. The molecule has 1 aliphatic rings. The molecular weight excluding hydrogens is 340 g/mol. The van der Waals surface area contributed by atoms with Crippen molar-refractivity contribution in [2.75, 3.05) is 24.5 Å². The second kappa shape index (κ2) is 8.15.